The zero-order valence-corrected chi connectivity index (χ0v) is 26.8. The van der Waals surface area contributed by atoms with Crippen LogP contribution in [0.3, 0.4) is 0 Å². The Kier molecular flexibility index (Phi) is 26.0. The first kappa shape index (κ1) is 35.4. The summed E-state index contributed by atoms with van der Waals surface area (Å²) in [4.78, 5) is 5.31. The van der Waals surface area contributed by atoms with Gasteiger partial charge < -0.3 is 9.80 Å². The Morgan fingerprint density at radius 3 is 0.868 bits per heavy atom. The number of nitrogens with zero attached hydrogens (tertiary/aromatic N) is 2. The smallest absolute Gasteiger partial charge is 0.101 e. The molecule has 2 nitrogen and oxygen atoms in total. The molecule has 0 aromatic carbocycles. The second kappa shape index (κ2) is 27.9. The Hall–Kier alpha value is -0.660. The lowest BCUT2D eigenvalue weighted by atomic mass is 10.0. The summed E-state index contributed by atoms with van der Waals surface area (Å²) in [5, 5.41) is 0. The number of rotatable bonds is 30. The normalized spacial score (nSPS) is 13.9. The summed E-state index contributed by atoms with van der Waals surface area (Å²) in [5.41, 5.74) is 0. The van der Waals surface area contributed by atoms with Crippen LogP contribution in [-0.4, -0.2) is 29.1 Å². The molecule has 0 radical (unpaired) electrons. The van der Waals surface area contributed by atoms with Gasteiger partial charge in [0.05, 0.1) is 0 Å². The molecule has 0 aromatic rings. The van der Waals surface area contributed by atoms with Crippen molar-refractivity contribution < 1.29 is 0 Å². The van der Waals surface area contributed by atoms with Gasteiger partial charge in [0.1, 0.15) is 6.17 Å². The van der Waals surface area contributed by atoms with E-state index in [-0.39, 0.29) is 0 Å². The van der Waals surface area contributed by atoms with Crippen LogP contribution in [0.15, 0.2) is 12.4 Å². The van der Waals surface area contributed by atoms with Crippen molar-refractivity contribution in [2.45, 2.75) is 207 Å². The van der Waals surface area contributed by atoms with Crippen molar-refractivity contribution in [1.29, 1.82) is 0 Å². The minimum absolute atomic E-state index is 0.634. The Morgan fingerprint density at radius 2 is 0.605 bits per heavy atom. The molecule has 1 aliphatic rings. The van der Waals surface area contributed by atoms with Crippen molar-refractivity contribution in [3.8, 4) is 0 Å². The van der Waals surface area contributed by atoms with Crippen LogP contribution in [0.25, 0.3) is 0 Å². The Balaban J connectivity index is 1.96. The minimum Gasteiger partial charge on any atom is -0.356 e. The predicted octanol–water partition coefficient (Wildman–Crippen LogP) is 12.4. The van der Waals surface area contributed by atoms with Crippen LogP contribution in [0.1, 0.15) is 201 Å². The molecule has 0 saturated heterocycles. The highest BCUT2D eigenvalue weighted by Gasteiger charge is 2.24. The molecular formula is C36H72N2. The van der Waals surface area contributed by atoms with Crippen molar-refractivity contribution in [1.82, 2.24) is 9.80 Å². The predicted molar refractivity (Wildman–Crippen MR) is 173 cm³/mol. The average Bonchev–Trinajstić information content (AvgIpc) is 3.30. The third-order valence-corrected chi connectivity index (χ3v) is 8.80. The maximum atomic E-state index is 2.66. The molecular weight excluding hydrogens is 460 g/mol. The maximum absolute atomic E-state index is 2.66. The van der Waals surface area contributed by atoms with E-state index in [4.69, 9.17) is 0 Å². The van der Waals surface area contributed by atoms with Gasteiger partial charge in [0.25, 0.3) is 0 Å². The van der Waals surface area contributed by atoms with Crippen LogP contribution in [0, 0.1) is 0 Å². The van der Waals surface area contributed by atoms with Gasteiger partial charge in [-0.3, -0.25) is 0 Å². The lowest BCUT2D eigenvalue weighted by Crippen LogP contribution is -2.39. The molecule has 0 spiro atoms. The second-order valence-electron chi connectivity index (χ2n) is 12.5. The van der Waals surface area contributed by atoms with E-state index in [1.54, 1.807) is 0 Å². The molecule has 0 aliphatic carbocycles. The molecule has 0 amide bonds. The molecule has 0 aromatic heterocycles. The number of unbranched alkanes of at least 4 members (excludes halogenated alkanes) is 24. The van der Waals surface area contributed by atoms with Crippen LogP contribution in [-0.2, 0) is 0 Å². The van der Waals surface area contributed by atoms with Crippen molar-refractivity contribution in [2.24, 2.45) is 0 Å². The van der Waals surface area contributed by atoms with Gasteiger partial charge in [-0.2, -0.15) is 0 Å². The summed E-state index contributed by atoms with van der Waals surface area (Å²) in [7, 11) is 0. The van der Waals surface area contributed by atoms with Crippen LogP contribution in [0.5, 0.6) is 0 Å². The van der Waals surface area contributed by atoms with Crippen LogP contribution in [0.2, 0.25) is 0 Å². The SMILES string of the molecule is CCCCCCCCCCCCCCCN1C=CN(CCCCCCCCCCCCCCC)C1CCC. The van der Waals surface area contributed by atoms with Crippen LogP contribution >= 0.6 is 0 Å². The van der Waals surface area contributed by atoms with Crippen molar-refractivity contribution in [2.75, 3.05) is 13.1 Å². The van der Waals surface area contributed by atoms with Gasteiger partial charge in [0.15, 0.2) is 0 Å². The monoisotopic (exact) mass is 533 g/mol. The lowest BCUT2D eigenvalue weighted by molar-refractivity contribution is 0.138. The molecule has 226 valence electrons. The van der Waals surface area contributed by atoms with Gasteiger partial charge >= 0.3 is 0 Å². The highest BCUT2D eigenvalue weighted by molar-refractivity contribution is 4.96. The van der Waals surface area contributed by atoms with E-state index in [9.17, 15) is 0 Å². The van der Waals surface area contributed by atoms with Gasteiger partial charge in [-0.25, -0.2) is 0 Å². The largest absolute Gasteiger partial charge is 0.356 e. The van der Waals surface area contributed by atoms with Crippen molar-refractivity contribution >= 4 is 0 Å². The number of hydrogen-bond donors (Lipinski definition) is 0. The van der Waals surface area contributed by atoms with Crippen LogP contribution < -0.4 is 0 Å². The fourth-order valence-electron chi connectivity index (χ4n) is 6.22. The van der Waals surface area contributed by atoms with E-state index in [1.165, 1.54) is 193 Å². The van der Waals surface area contributed by atoms with Crippen LogP contribution in [0.4, 0.5) is 0 Å². The van der Waals surface area contributed by atoms with Gasteiger partial charge in [-0.1, -0.05) is 181 Å². The molecule has 0 N–H and O–H groups in total. The Morgan fingerprint density at radius 1 is 0.342 bits per heavy atom. The fourth-order valence-corrected chi connectivity index (χ4v) is 6.22. The quantitative estimate of drug-likeness (QED) is 0.0848. The second-order valence-corrected chi connectivity index (χ2v) is 12.5. The highest BCUT2D eigenvalue weighted by atomic mass is 15.4. The molecule has 1 aliphatic heterocycles. The Bertz CT molecular complexity index is 448. The fraction of sp³-hybridized carbons (Fsp3) is 0.944. The number of hydrogen-bond acceptors (Lipinski definition) is 2. The molecule has 2 heteroatoms. The lowest BCUT2D eigenvalue weighted by Gasteiger charge is -2.33. The van der Waals surface area contributed by atoms with Gasteiger partial charge in [0.2, 0.25) is 0 Å². The first-order chi connectivity index (χ1) is 18.8. The van der Waals surface area contributed by atoms with E-state index in [2.05, 4.69) is 43.0 Å². The minimum atomic E-state index is 0.634. The van der Waals surface area contributed by atoms with E-state index in [0.717, 1.165) is 0 Å². The summed E-state index contributed by atoms with van der Waals surface area (Å²) in [5.74, 6) is 0. The molecule has 0 saturated carbocycles. The average molecular weight is 533 g/mol. The summed E-state index contributed by atoms with van der Waals surface area (Å²) < 4.78 is 0. The molecule has 0 atom stereocenters. The molecule has 1 heterocycles. The van der Waals surface area contributed by atoms with E-state index in [1.807, 2.05) is 0 Å². The van der Waals surface area contributed by atoms with Gasteiger partial charge in [-0.15, -0.1) is 0 Å². The molecule has 0 fully saturated rings. The highest BCUT2D eigenvalue weighted by Crippen LogP contribution is 2.22. The molecule has 0 unspecified atom stereocenters. The zero-order valence-electron chi connectivity index (χ0n) is 26.8. The summed E-state index contributed by atoms with van der Waals surface area (Å²) in [6.07, 6.45) is 45.5. The Labute approximate surface area is 241 Å². The van der Waals surface area contributed by atoms with E-state index in [0.29, 0.717) is 6.17 Å². The topological polar surface area (TPSA) is 6.48 Å². The first-order valence-corrected chi connectivity index (χ1v) is 18.0. The van der Waals surface area contributed by atoms with E-state index >= 15 is 0 Å². The van der Waals surface area contributed by atoms with Gasteiger partial charge in [-0.05, 0) is 19.3 Å². The molecule has 38 heavy (non-hydrogen) atoms. The third kappa shape index (κ3) is 20.3. The van der Waals surface area contributed by atoms with E-state index < -0.39 is 0 Å². The first-order valence-electron chi connectivity index (χ1n) is 18.0. The summed E-state index contributed by atoms with van der Waals surface area (Å²) >= 11 is 0. The van der Waals surface area contributed by atoms with Crippen molar-refractivity contribution in [3.63, 3.8) is 0 Å². The van der Waals surface area contributed by atoms with Crippen molar-refractivity contribution in [3.05, 3.63) is 12.4 Å². The van der Waals surface area contributed by atoms with Gasteiger partial charge in [0, 0.05) is 25.5 Å². The maximum Gasteiger partial charge on any atom is 0.101 e. The summed E-state index contributed by atoms with van der Waals surface area (Å²) in [6.45, 7) is 9.48. The summed E-state index contributed by atoms with van der Waals surface area (Å²) in [6, 6.07) is 0. The third-order valence-electron chi connectivity index (χ3n) is 8.80. The molecule has 0 bridgehead atoms. The standard InChI is InChI=1S/C36H72N2/c1-4-7-9-11-13-15-17-19-21-23-25-27-29-32-37-34-35-38(36(37)31-6-3)33-30-28-26-24-22-20-18-16-14-12-10-8-5-2/h34-36H,4-33H2,1-3H3. The zero-order chi connectivity index (χ0) is 27.4. The molecule has 1 rings (SSSR count).